The average molecular weight is 292 g/mol. The predicted molar refractivity (Wildman–Crippen MR) is 85.7 cm³/mol. The van der Waals surface area contributed by atoms with E-state index in [0.29, 0.717) is 6.61 Å². The first kappa shape index (κ1) is 17.5. The number of hydrogen-bond acceptors (Lipinski definition) is 3. The molecule has 2 unspecified atom stereocenters. The molecule has 0 radical (unpaired) electrons. The van der Waals surface area contributed by atoms with E-state index in [1.165, 1.54) is 0 Å². The van der Waals surface area contributed by atoms with Gasteiger partial charge in [-0.2, -0.15) is 0 Å². The summed E-state index contributed by atoms with van der Waals surface area (Å²) < 4.78 is 10.8. The van der Waals surface area contributed by atoms with E-state index in [1.54, 1.807) is 7.11 Å². The van der Waals surface area contributed by atoms with Gasteiger partial charge in [-0.25, -0.2) is 0 Å². The third-order valence-electron chi connectivity index (χ3n) is 4.34. The molecule has 0 aliphatic rings. The molecule has 0 heterocycles. The Morgan fingerprint density at radius 2 is 1.90 bits per heavy atom. The van der Waals surface area contributed by atoms with Crippen LogP contribution in [0.1, 0.15) is 58.4 Å². The molecule has 1 aromatic rings. The fourth-order valence-corrected chi connectivity index (χ4v) is 2.89. The van der Waals surface area contributed by atoms with E-state index < -0.39 is 5.41 Å². The Hall–Kier alpha value is -1.51. The first-order valence-electron chi connectivity index (χ1n) is 7.85. The number of carbonyl (C=O) groups excluding carboxylic acids is 1. The third kappa shape index (κ3) is 3.78. The maximum Gasteiger partial charge on any atom is 0.312 e. The Kier molecular flexibility index (Phi) is 6.73. The van der Waals surface area contributed by atoms with Crippen molar-refractivity contribution < 1.29 is 14.3 Å². The Balaban J connectivity index is 3.28. The summed E-state index contributed by atoms with van der Waals surface area (Å²) in [4.78, 5) is 12.5. The van der Waals surface area contributed by atoms with Crippen LogP contribution in [0, 0.1) is 5.41 Å². The molecule has 3 heteroatoms. The fraction of sp³-hybridized carbons (Fsp3) is 0.611. The van der Waals surface area contributed by atoms with Gasteiger partial charge < -0.3 is 9.47 Å². The van der Waals surface area contributed by atoms with Crippen LogP contribution in [0.4, 0.5) is 0 Å². The quantitative estimate of drug-likeness (QED) is 0.659. The zero-order valence-electron chi connectivity index (χ0n) is 13.9. The first-order chi connectivity index (χ1) is 10.0. The van der Waals surface area contributed by atoms with E-state index in [0.717, 1.165) is 30.6 Å². The summed E-state index contributed by atoms with van der Waals surface area (Å²) >= 11 is 0. The van der Waals surface area contributed by atoms with Gasteiger partial charge in [0.2, 0.25) is 0 Å². The van der Waals surface area contributed by atoms with Crippen molar-refractivity contribution in [1.82, 2.24) is 0 Å². The van der Waals surface area contributed by atoms with E-state index in [9.17, 15) is 4.79 Å². The highest BCUT2D eigenvalue weighted by Crippen LogP contribution is 2.45. The highest BCUT2D eigenvalue weighted by atomic mass is 16.5. The molecule has 21 heavy (non-hydrogen) atoms. The van der Waals surface area contributed by atoms with E-state index >= 15 is 0 Å². The SMILES string of the molecule is CCCC(c1ccccc1OC)C(C)(CC)C(=O)OCC. The summed E-state index contributed by atoms with van der Waals surface area (Å²) in [5, 5.41) is 0. The average Bonchev–Trinajstić information content (AvgIpc) is 2.52. The van der Waals surface area contributed by atoms with E-state index in [-0.39, 0.29) is 11.9 Å². The molecule has 118 valence electrons. The van der Waals surface area contributed by atoms with Crippen molar-refractivity contribution in [3.63, 3.8) is 0 Å². The van der Waals surface area contributed by atoms with Crippen molar-refractivity contribution in [2.45, 2.75) is 52.9 Å². The molecule has 1 rings (SSSR count). The van der Waals surface area contributed by atoms with E-state index in [1.807, 2.05) is 32.0 Å². The Morgan fingerprint density at radius 1 is 1.24 bits per heavy atom. The molecule has 0 saturated carbocycles. The Labute approximate surface area is 128 Å². The normalized spacial score (nSPS) is 15.1. The summed E-state index contributed by atoms with van der Waals surface area (Å²) in [6.07, 6.45) is 2.69. The van der Waals surface area contributed by atoms with Gasteiger partial charge in [0.25, 0.3) is 0 Å². The van der Waals surface area contributed by atoms with Gasteiger partial charge in [0.05, 0.1) is 19.1 Å². The van der Waals surface area contributed by atoms with Gasteiger partial charge in [0.15, 0.2) is 0 Å². The summed E-state index contributed by atoms with van der Waals surface area (Å²) in [5.74, 6) is 0.833. The number of carbonyl (C=O) groups is 1. The molecule has 0 N–H and O–H groups in total. The van der Waals surface area contributed by atoms with Crippen LogP contribution in [0.5, 0.6) is 5.75 Å². The minimum absolute atomic E-state index is 0.0997. The lowest BCUT2D eigenvalue weighted by Crippen LogP contribution is -2.36. The van der Waals surface area contributed by atoms with Crippen molar-refractivity contribution in [2.75, 3.05) is 13.7 Å². The van der Waals surface area contributed by atoms with Crippen LogP contribution >= 0.6 is 0 Å². The van der Waals surface area contributed by atoms with Crippen molar-refractivity contribution in [3.05, 3.63) is 29.8 Å². The molecule has 0 saturated heterocycles. The molecule has 2 atom stereocenters. The van der Waals surface area contributed by atoms with Crippen LogP contribution in [0.2, 0.25) is 0 Å². The van der Waals surface area contributed by atoms with Crippen LogP contribution in [0.3, 0.4) is 0 Å². The first-order valence-corrected chi connectivity index (χ1v) is 7.85. The number of ether oxygens (including phenoxy) is 2. The van der Waals surface area contributed by atoms with Gasteiger partial charge in [0.1, 0.15) is 5.75 Å². The lowest BCUT2D eigenvalue weighted by atomic mass is 9.69. The zero-order valence-corrected chi connectivity index (χ0v) is 13.9. The molecule has 0 aliphatic carbocycles. The predicted octanol–water partition coefficient (Wildman–Crippen LogP) is 4.56. The minimum Gasteiger partial charge on any atom is -0.496 e. The summed E-state index contributed by atoms with van der Waals surface area (Å²) in [5.41, 5.74) is 0.569. The number of methoxy groups -OCH3 is 1. The maximum atomic E-state index is 12.5. The van der Waals surface area contributed by atoms with Crippen LogP contribution in [0.15, 0.2) is 24.3 Å². The molecule has 0 spiro atoms. The zero-order chi connectivity index (χ0) is 15.9. The molecule has 0 aromatic heterocycles. The highest BCUT2D eigenvalue weighted by Gasteiger charge is 2.42. The topological polar surface area (TPSA) is 35.5 Å². The van der Waals surface area contributed by atoms with Crippen molar-refractivity contribution in [3.8, 4) is 5.75 Å². The summed E-state index contributed by atoms with van der Waals surface area (Å²) in [7, 11) is 1.68. The van der Waals surface area contributed by atoms with E-state index in [2.05, 4.69) is 19.9 Å². The van der Waals surface area contributed by atoms with Crippen LogP contribution in [0.25, 0.3) is 0 Å². The molecule has 0 fully saturated rings. The number of rotatable bonds is 8. The van der Waals surface area contributed by atoms with E-state index in [4.69, 9.17) is 9.47 Å². The minimum atomic E-state index is -0.527. The molecular formula is C18H28O3. The van der Waals surface area contributed by atoms with Crippen molar-refractivity contribution in [1.29, 1.82) is 0 Å². The van der Waals surface area contributed by atoms with Gasteiger partial charge in [-0.3, -0.25) is 4.79 Å². The lowest BCUT2D eigenvalue weighted by molar-refractivity contribution is -0.156. The third-order valence-corrected chi connectivity index (χ3v) is 4.34. The van der Waals surface area contributed by atoms with Gasteiger partial charge >= 0.3 is 5.97 Å². The van der Waals surface area contributed by atoms with Gasteiger partial charge in [-0.05, 0) is 38.3 Å². The molecule has 1 aromatic carbocycles. The monoisotopic (exact) mass is 292 g/mol. The molecule has 0 amide bonds. The van der Waals surface area contributed by atoms with Crippen LogP contribution in [-0.4, -0.2) is 19.7 Å². The second-order valence-electron chi connectivity index (χ2n) is 5.57. The van der Waals surface area contributed by atoms with Crippen molar-refractivity contribution >= 4 is 5.97 Å². The molecule has 0 aliphatic heterocycles. The molecular weight excluding hydrogens is 264 g/mol. The van der Waals surface area contributed by atoms with Gasteiger partial charge in [-0.15, -0.1) is 0 Å². The lowest BCUT2D eigenvalue weighted by Gasteiger charge is -2.35. The second kappa shape index (κ2) is 8.06. The van der Waals surface area contributed by atoms with Crippen LogP contribution in [-0.2, 0) is 9.53 Å². The number of hydrogen-bond donors (Lipinski definition) is 0. The fourth-order valence-electron chi connectivity index (χ4n) is 2.89. The van der Waals surface area contributed by atoms with Gasteiger partial charge in [0, 0.05) is 5.92 Å². The standard InChI is InChI=1S/C18H28O3/c1-6-11-15(14-12-9-10-13-16(14)20-5)18(4,7-2)17(19)21-8-3/h9-10,12-13,15H,6-8,11H2,1-5H3. The van der Waals surface area contributed by atoms with Crippen molar-refractivity contribution in [2.24, 2.45) is 5.41 Å². The Morgan fingerprint density at radius 3 is 2.43 bits per heavy atom. The Bertz CT molecular complexity index is 456. The number of para-hydroxylation sites is 1. The highest BCUT2D eigenvalue weighted by molar-refractivity contribution is 5.78. The second-order valence-corrected chi connectivity index (χ2v) is 5.57. The summed E-state index contributed by atoms with van der Waals surface area (Å²) in [6, 6.07) is 7.98. The largest absolute Gasteiger partial charge is 0.496 e. The molecule has 3 nitrogen and oxygen atoms in total. The molecule has 0 bridgehead atoms. The van der Waals surface area contributed by atoms with Crippen LogP contribution < -0.4 is 4.74 Å². The maximum absolute atomic E-state index is 12.5. The smallest absolute Gasteiger partial charge is 0.312 e. The number of benzene rings is 1. The number of esters is 1. The van der Waals surface area contributed by atoms with Gasteiger partial charge in [-0.1, -0.05) is 38.5 Å². The summed E-state index contributed by atoms with van der Waals surface area (Å²) in [6.45, 7) is 8.47.